The van der Waals surface area contributed by atoms with Gasteiger partial charge < -0.3 is 10.4 Å². The van der Waals surface area contributed by atoms with E-state index in [1.54, 1.807) is 0 Å². The lowest BCUT2D eigenvalue weighted by atomic mass is 10.1. The van der Waals surface area contributed by atoms with Crippen LogP contribution in [0.5, 0.6) is 0 Å². The van der Waals surface area contributed by atoms with Gasteiger partial charge in [0.15, 0.2) is 0 Å². The highest BCUT2D eigenvalue weighted by molar-refractivity contribution is 9.10. The first-order valence-corrected chi connectivity index (χ1v) is 6.58. The third-order valence-corrected chi connectivity index (χ3v) is 3.39. The van der Waals surface area contributed by atoms with Crippen molar-refractivity contribution in [3.63, 3.8) is 0 Å². The highest BCUT2D eigenvalue weighted by Crippen LogP contribution is 2.25. The van der Waals surface area contributed by atoms with Gasteiger partial charge in [-0.15, -0.1) is 0 Å². The van der Waals surface area contributed by atoms with Crippen molar-refractivity contribution in [2.75, 3.05) is 11.9 Å². The van der Waals surface area contributed by atoms with Crippen LogP contribution in [0.15, 0.2) is 40.9 Å². The third kappa shape index (κ3) is 3.52. The number of halogens is 4. The Bertz CT molecular complexity index is 621. The fourth-order valence-electron chi connectivity index (χ4n) is 1.72. The fourth-order valence-corrected chi connectivity index (χ4v) is 2.21. The van der Waals surface area contributed by atoms with Gasteiger partial charge in [-0.05, 0) is 52.3 Å². The molecule has 0 saturated heterocycles. The summed E-state index contributed by atoms with van der Waals surface area (Å²) in [6, 6.07) is 6.88. The van der Waals surface area contributed by atoms with Crippen molar-refractivity contribution in [3.8, 4) is 0 Å². The molecule has 0 bridgehead atoms. The molecule has 1 atom stereocenters. The van der Waals surface area contributed by atoms with E-state index in [1.807, 2.05) is 0 Å². The van der Waals surface area contributed by atoms with E-state index in [4.69, 9.17) is 0 Å². The molecule has 0 aliphatic heterocycles. The molecular weight excluding hydrogens is 335 g/mol. The van der Waals surface area contributed by atoms with Gasteiger partial charge in [0.1, 0.15) is 17.5 Å². The molecule has 0 saturated carbocycles. The highest BCUT2D eigenvalue weighted by Gasteiger charge is 2.14. The van der Waals surface area contributed by atoms with Crippen LogP contribution >= 0.6 is 15.9 Å². The zero-order chi connectivity index (χ0) is 14.7. The first-order chi connectivity index (χ1) is 9.47. The van der Waals surface area contributed by atoms with Gasteiger partial charge >= 0.3 is 0 Å². The lowest BCUT2D eigenvalue weighted by Crippen LogP contribution is -2.14. The zero-order valence-electron chi connectivity index (χ0n) is 10.2. The molecule has 0 fully saturated rings. The SMILES string of the molecule is OC(CNc1ccc(F)cc1Br)c1cc(F)ccc1F. The smallest absolute Gasteiger partial charge is 0.129 e. The summed E-state index contributed by atoms with van der Waals surface area (Å²) in [5.74, 6) is -1.71. The summed E-state index contributed by atoms with van der Waals surface area (Å²) in [5.41, 5.74) is 0.415. The van der Waals surface area contributed by atoms with E-state index in [2.05, 4.69) is 21.2 Å². The van der Waals surface area contributed by atoms with Crippen LogP contribution in [-0.2, 0) is 0 Å². The minimum Gasteiger partial charge on any atom is -0.386 e. The molecule has 106 valence electrons. The molecule has 2 aromatic carbocycles. The number of benzene rings is 2. The molecule has 0 heterocycles. The van der Waals surface area contributed by atoms with Gasteiger partial charge in [-0.3, -0.25) is 0 Å². The summed E-state index contributed by atoms with van der Waals surface area (Å²) < 4.78 is 39.9. The van der Waals surface area contributed by atoms with Crippen molar-refractivity contribution in [1.29, 1.82) is 0 Å². The Labute approximate surface area is 122 Å². The molecule has 2 rings (SSSR count). The Balaban J connectivity index is 2.08. The van der Waals surface area contributed by atoms with E-state index in [-0.39, 0.29) is 12.1 Å². The number of anilines is 1. The number of hydrogen-bond acceptors (Lipinski definition) is 2. The molecule has 0 aliphatic rings. The first kappa shape index (κ1) is 14.9. The molecule has 0 spiro atoms. The molecular formula is C14H11BrF3NO. The number of rotatable bonds is 4. The number of aliphatic hydroxyl groups is 1. The minimum atomic E-state index is -1.22. The molecule has 2 aromatic rings. The third-order valence-electron chi connectivity index (χ3n) is 2.73. The molecule has 6 heteroatoms. The Kier molecular flexibility index (Phi) is 4.67. The van der Waals surface area contributed by atoms with Gasteiger partial charge in [0, 0.05) is 22.3 Å². The maximum Gasteiger partial charge on any atom is 0.129 e. The zero-order valence-corrected chi connectivity index (χ0v) is 11.8. The predicted molar refractivity (Wildman–Crippen MR) is 73.9 cm³/mol. The van der Waals surface area contributed by atoms with Crippen LogP contribution in [0.3, 0.4) is 0 Å². The summed E-state index contributed by atoms with van der Waals surface area (Å²) in [5, 5.41) is 12.7. The van der Waals surface area contributed by atoms with E-state index in [0.29, 0.717) is 10.2 Å². The lowest BCUT2D eigenvalue weighted by molar-refractivity contribution is 0.186. The maximum absolute atomic E-state index is 13.5. The van der Waals surface area contributed by atoms with Gasteiger partial charge in [-0.25, -0.2) is 13.2 Å². The van der Waals surface area contributed by atoms with E-state index < -0.39 is 23.6 Å². The first-order valence-electron chi connectivity index (χ1n) is 5.79. The summed E-state index contributed by atoms with van der Waals surface area (Å²) in [7, 11) is 0. The number of aliphatic hydroxyl groups excluding tert-OH is 1. The van der Waals surface area contributed by atoms with Crippen LogP contribution < -0.4 is 5.32 Å². The second-order valence-electron chi connectivity index (χ2n) is 4.19. The van der Waals surface area contributed by atoms with E-state index in [0.717, 1.165) is 18.2 Å². The second kappa shape index (κ2) is 6.28. The Morgan fingerprint density at radius 1 is 1.05 bits per heavy atom. The largest absolute Gasteiger partial charge is 0.386 e. The van der Waals surface area contributed by atoms with Crippen LogP contribution in [-0.4, -0.2) is 11.7 Å². The van der Waals surface area contributed by atoms with Crippen LogP contribution in [0.1, 0.15) is 11.7 Å². The van der Waals surface area contributed by atoms with Crippen molar-refractivity contribution >= 4 is 21.6 Å². The monoisotopic (exact) mass is 345 g/mol. The molecule has 2 nitrogen and oxygen atoms in total. The minimum absolute atomic E-state index is 0.0371. The van der Waals surface area contributed by atoms with E-state index >= 15 is 0 Å². The number of hydrogen-bond donors (Lipinski definition) is 2. The summed E-state index contributed by atoms with van der Waals surface area (Å²) in [6.45, 7) is -0.0371. The van der Waals surface area contributed by atoms with Crippen LogP contribution in [0, 0.1) is 17.5 Å². The quantitative estimate of drug-likeness (QED) is 0.877. The normalized spacial score (nSPS) is 12.2. The predicted octanol–water partition coefficient (Wildman–Crippen LogP) is 4.01. The number of nitrogens with one attached hydrogen (secondary N) is 1. The Morgan fingerprint density at radius 2 is 1.70 bits per heavy atom. The Hall–Kier alpha value is -1.53. The van der Waals surface area contributed by atoms with Crippen molar-refractivity contribution in [2.45, 2.75) is 6.10 Å². The summed E-state index contributed by atoms with van der Waals surface area (Å²) >= 11 is 3.16. The van der Waals surface area contributed by atoms with Crippen molar-refractivity contribution in [2.24, 2.45) is 0 Å². The molecule has 1 unspecified atom stereocenters. The van der Waals surface area contributed by atoms with Crippen LogP contribution in [0.25, 0.3) is 0 Å². The van der Waals surface area contributed by atoms with E-state index in [1.165, 1.54) is 18.2 Å². The van der Waals surface area contributed by atoms with Crippen LogP contribution in [0.2, 0.25) is 0 Å². The molecule has 0 aliphatic carbocycles. The molecule has 0 aromatic heterocycles. The van der Waals surface area contributed by atoms with Crippen molar-refractivity contribution < 1.29 is 18.3 Å². The fraction of sp³-hybridized carbons (Fsp3) is 0.143. The van der Waals surface area contributed by atoms with Gasteiger partial charge in [0.2, 0.25) is 0 Å². The average molecular weight is 346 g/mol. The second-order valence-corrected chi connectivity index (χ2v) is 5.04. The summed E-state index contributed by atoms with van der Waals surface area (Å²) in [6.07, 6.45) is -1.22. The van der Waals surface area contributed by atoms with E-state index in [9.17, 15) is 18.3 Å². The topological polar surface area (TPSA) is 32.3 Å². The molecule has 2 N–H and O–H groups in total. The van der Waals surface area contributed by atoms with Gasteiger partial charge in [-0.2, -0.15) is 0 Å². The standard InChI is InChI=1S/C14H11BrF3NO/c15-11-6-9(17)2-4-13(11)19-7-14(20)10-5-8(16)1-3-12(10)18/h1-6,14,19-20H,7H2. The lowest BCUT2D eigenvalue weighted by Gasteiger charge is -2.15. The molecule has 0 amide bonds. The molecule has 20 heavy (non-hydrogen) atoms. The van der Waals surface area contributed by atoms with Crippen LogP contribution in [0.4, 0.5) is 18.9 Å². The summed E-state index contributed by atoms with van der Waals surface area (Å²) in [4.78, 5) is 0. The van der Waals surface area contributed by atoms with Gasteiger partial charge in [0.05, 0.1) is 6.10 Å². The van der Waals surface area contributed by atoms with Gasteiger partial charge in [-0.1, -0.05) is 0 Å². The average Bonchev–Trinajstić information content (AvgIpc) is 2.40. The maximum atomic E-state index is 13.5. The van der Waals surface area contributed by atoms with Crippen molar-refractivity contribution in [1.82, 2.24) is 0 Å². The Morgan fingerprint density at radius 3 is 2.40 bits per heavy atom. The highest BCUT2D eigenvalue weighted by atomic mass is 79.9. The van der Waals surface area contributed by atoms with Gasteiger partial charge in [0.25, 0.3) is 0 Å². The van der Waals surface area contributed by atoms with Crippen molar-refractivity contribution in [3.05, 3.63) is 63.9 Å². The molecule has 0 radical (unpaired) electrons.